The lowest BCUT2D eigenvalue weighted by Crippen LogP contribution is -2.22. The molecule has 0 saturated carbocycles. The summed E-state index contributed by atoms with van der Waals surface area (Å²) in [6.45, 7) is 0.679. The minimum Gasteiger partial charge on any atom is -0.497 e. The highest BCUT2D eigenvalue weighted by Crippen LogP contribution is 2.26. The number of hydrogen-bond donors (Lipinski definition) is 2. The Morgan fingerprint density at radius 3 is 2.71 bits per heavy atom. The van der Waals surface area contributed by atoms with Crippen LogP contribution in [0.1, 0.15) is 0 Å². The number of methoxy groups -OCH3 is 1. The van der Waals surface area contributed by atoms with Crippen molar-refractivity contribution in [2.45, 2.75) is 0 Å². The van der Waals surface area contributed by atoms with Crippen LogP contribution in [-0.4, -0.2) is 32.4 Å². The maximum Gasteiger partial charge on any atom is 0.121 e. The number of ether oxygens (including phenoxy) is 1. The molecular weight excluding hydrogens is 180 g/mol. The van der Waals surface area contributed by atoms with Crippen LogP contribution in [0, 0.1) is 0 Å². The Balaban J connectivity index is 2.88. The topological polar surface area (TPSA) is 58.7 Å². The molecule has 1 aromatic carbocycles. The van der Waals surface area contributed by atoms with Crippen molar-refractivity contribution in [3.8, 4) is 5.75 Å². The summed E-state index contributed by atoms with van der Waals surface area (Å²) in [4.78, 5) is 1.90. The van der Waals surface area contributed by atoms with Crippen LogP contribution in [0.5, 0.6) is 5.75 Å². The number of aliphatic hydroxyl groups excluding tert-OH is 1. The molecule has 3 N–H and O–H groups in total. The molecule has 0 aliphatic carbocycles. The van der Waals surface area contributed by atoms with E-state index in [0.717, 1.165) is 11.4 Å². The van der Waals surface area contributed by atoms with Gasteiger partial charge in [0.1, 0.15) is 5.75 Å². The van der Waals surface area contributed by atoms with Gasteiger partial charge in [-0.3, -0.25) is 0 Å². The van der Waals surface area contributed by atoms with Crippen LogP contribution in [0.25, 0.3) is 0 Å². The van der Waals surface area contributed by atoms with Crippen LogP contribution < -0.4 is 15.4 Å². The molecule has 0 amide bonds. The van der Waals surface area contributed by atoms with Crippen molar-refractivity contribution in [2.75, 3.05) is 37.9 Å². The zero-order chi connectivity index (χ0) is 10.6. The van der Waals surface area contributed by atoms with Crippen LogP contribution in [0.4, 0.5) is 11.4 Å². The SMILES string of the molecule is COc1ccc(N(C)CCO)c(N)c1. The molecule has 0 radical (unpaired) electrons. The lowest BCUT2D eigenvalue weighted by atomic mass is 10.2. The van der Waals surface area contributed by atoms with Crippen LogP contribution >= 0.6 is 0 Å². The molecule has 78 valence electrons. The zero-order valence-electron chi connectivity index (χ0n) is 8.53. The molecule has 0 heterocycles. The van der Waals surface area contributed by atoms with Gasteiger partial charge in [-0.25, -0.2) is 0 Å². The van der Waals surface area contributed by atoms with E-state index in [0.29, 0.717) is 12.2 Å². The number of aliphatic hydroxyl groups is 1. The molecule has 1 rings (SSSR count). The standard InChI is InChI=1S/C10H16N2O2/c1-12(5-6-13)10-4-3-8(14-2)7-9(10)11/h3-4,7,13H,5-6,11H2,1-2H3. The average molecular weight is 196 g/mol. The molecule has 0 unspecified atom stereocenters. The maximum absolute atomic E-state index is 8.78. The summed E-state index contributed by atoms with van der Waals surface area (Å²) in [6.07, 6.45) is 0. The van der Waals surface area contributed by atoms with E-state index in [1.807, 2.05) is 24.1 Å². The molecule has 0 spiro atoms. The van der Waals surface area contributed by atoms with E-state index in [1.54, 1.807) is 13.2 Å². The first-order chi connectivity index (χ1) is 6.69. The fraction of sp³-hybridized carbons (Fsp3) is 0.400. The van der Waals surface area contributed by atoms with E-state index >= 15 is 0 Å². The molecule has 0 aliphatic rings. The van der Waals surface area contributed by atoms with Gasteiger partial charge < -0.3 is 20.5 Å². The van der Waals surface area contributed by atoms with Gasteiger partial charge in [0.05, 0.1) is 25.1 Å². The molecule has 0 fully saturated rings. The lowest BCUT2D eigenvalue weighted by Gasteiger charge is -2.20. The summed E-state index contributed by atoms with van der Waals surface area (Å²) in [5, 5.41) is 8.78. The molecule has 0 aliphatic heterocycles. The molecule has 4 nitrogen and oxygen atoms in total. The number of benzene rings is 1. The van der Waals surface area contributed by atoms with E-state index in [2.05, 4.69) is 0 Å². The minimum atomic E-state index is 0.113. The Morgan fingerprint density at radius 1 is 1.50 bits per heavy atom. The molecule has 0 aromatic heterocycles. The Bertz CT molecular complexity index is 302. The van der Waals surface area contributed by atoms with E-state index in [1.165, 1.54) is 0 Å². The van der Waals surface area contributed by atoms with Gasteiger partial charge in [0.15, 0.2) is 0 Å². The van der Waals surface area contributed by atoms with E-state index in [9.17, 15) is 0 Å². The van der Waals surface area contributed by atoms with E-state index in [4.69, 9.17) is 15.6 Å². The van der Waals surface area contributed by atoms with Crippen molar-refractivity contribution in [1.82, 2.24) is 0 Å². The Hall–Kier alpha value is -1.42. The summed E-state index contributed by atoms with van der Waals surface area (Å²) >= 11 is 0. The van der Waals surface area contributed by atoms with Gasteiger partial charge >= 0.3 is 0 Å². The highest BCUT2D eigenvalue weighted by atomic mass is 16.5. The number of nitrogen functional groups attached to an aromatic ring is 1. The number of likely N-dealkylation sites (N-methyl/N-ethyl adjacent to an activating group) is 1. The van der Waals surface area contributed by atoms with Crippen LogP contribution in [0.15, 0.2) is 18.2 Å². The van der Waals surface area contributed by atoms with E-state index < -0.39 is 0 Å². The first-order valence-electron chi connectivity index (χ1n) is 4.44. The highest BCUT2D eigenvalue weighted by molar-refractivity contribution is 5.69. The van der Waals surface area contributed by atoms with Crippen LogP contribution in [0.3, 0.4) is 0 Å². The predicted molar refractivity (Wildman–Crippen MR) is 57.8 cm³/mol. The third kappa shape index (κ3) is 2.29. The second-order valence-electron chi connectivity index (χ2n) is 3.07. The van der Waals surface area contributed by atoms with Gasteiger partial charge in [0.25, 0.3) is 0 Å². The van der Waals surface area contributed by atoms with Crippen molar-refractivity contribution in [2.24, 2.45) is 0 Å². The van der Waals surface area contributed by atoms with Gasteiger partial charge in [-0.1, -0.05) is 0 Å². The minimum absolute atomic E-state index is 0.113. The number of hydrogen-bond acceptors (Lipinski definition) is 4. The predicted octanol–water partition coefficient (Wildman–Crippen LogP) is 0.706. The average Bonchev–Trinajstić information content (AvgIpc) is 2.17. The Labute approximate surface area is 83.9 Å². The summed E-state index contributed by atoms with van der Waals surface area (Å²) in [6, 6.07) is 5.49. The van der Waals surface area contributed by atoms with Crippen molar-refractivity contribution in [1.29, 1.82) is 0 Å². The second kappa shape index (κ2) is 4.72. The highest BCUT2D eigenvalue weighted by Gasteiger charge is 2.05. The number of anilines is 2. The maximum atomic E-state index is 8.78. The summed E-state index contributed by atoms with van der Waals surface area (Å²) in [5.74, 6) is 0.739. The quantitative estimate of drug-likeness (QED) is 0.696. The Morgan fingerprint density at radius 2 is 2.21 bits per heavy atom. The fourth-order valence-electron chi connectivity index (χ4n) is 1.28. The van der Waals surface area contributed by atoms with Gasteiger partial charge in [-0.15, -0.1) is 0 Å². The smallest absolute Gasteiger partial charge is 0.121 e. The molecule has 0 bridgehead atoms. The van der Waals surface area contributed by atoms with Crippen molar-refractivity contribution >= 4 is 11.4 Å². The number of nitrogens with two attached hydrogens (primary N) is 1. The third-order valence-corrected chi connectivity index (χ3v) is 2.08. The second-order valence-corrected chi connectivity index (χ2v) is 3.07. The Kier molecular flexibility index (Phi) is 3.59. The monoisotopic (exact) mass is 196 g/mol. The first kappa shape index (κ1) is 10.7. The molecule has 4 heteroatoms. The van der Waals surface area contributed by atoms with E-state index in [-0.39, 0.29) is 6.61 Å². The zero-order valence-corrected chi connectivity index (χ0v) is 8.53. The molecular formula is C10H16N2O2. The third-order valence-electron chi connectivity index (χ3n) is 2.08. The number of nitrogens with zero attached hydrogens (tertiary/aromatic N) is 1. The van der Waals surface area contributed by atoms with Crippen LogP contribution in [-0.2, 0) is 0 Å². The van der Waals surface area contributed by atoms with Crippen molar-refractivity contribution in [3.63, 3.8) is 0 Å². The summed E-state index contributed by atoms with van der Waals surface area (Å²) in [5.41, 5.74) is 7.38. The van der Waals surface area contributed by atoms with Crippen molar-refractivity contribution < 1.29 is 9.84 Å². The summed E-state index contributed by atoms with van der Waals surface area (Å²) in [7, 11) is 3.49. The van der Waals surface area contributed by atoms with Crippen molar-refractivity contribution in [3.05, 3.63) is 18.2 Å². The van der Waals surface area contributed by atoms with Gasteiger partial charge in [0, 0.05) is 19.7 Å². The molecule has 0 atom stereocenters. The van der Waals surface area contributed by atoms with Gasteiger partial charge in [-0.2, -0.15) is 0 Å². The largest absolute Gasteiger partial charge is 0.497 e. The van der Waals surface area contributed by atoms with Gasteiger partial charge in [-0.05, 0) is 12.1 Å². The first-order valence-corrected chi connectivity index (χ1v) is 4.44. The van der Waals surface area contributed by atoms with Crippen LogP contribution in [0.2, 0.25) is 0 Å². The fourth-order valence-corrected chi connectivity index (χ4v) is 1.28. The van der Waals surface area contributed by atoms with Gasteiger partial charge in [0.2, 0.25) is 0 Å². The number of rotatable bonds is 4. The lowest BCUT2D eigenvalue weighted by molar-refractivity contribution is 0.304. The summed E-state index contributed by atoms with van der Waals surface area (Å²) < 4.78 is 5.04. The normalized spacial score (nSPS) is 9.93. The molecule has 14 heavy (non-hydrogen) atoms. The molecule has 1 aromatic rings. The molecule has 0 saturated heterocycles.